The first-order valence-electron chi connectivity index (χ1n) is 4.73. The summed E-state index contributed by atoms with van der Waals surface area (Å²) in [5.41, 5.74) is -2.96. The van der Waals surface area contributed by atoms with Crippen molar-refractivity contribution in [2.24, 2.45) is 0 Å². The summed E-state index contributed by atoms with van der Waals surface area (Å²) >= 11 is 0. The van der Waals surface area contributed by atoms with E-state index in [-0.39, 0.29) is 0 Å². The lowest BCUT2D eigenvalue weighted by Crippen LogP contribution is -2.58. The zero-order valence-corrected chi connectivity index (χ0v) is 10.1. The van der Waals surface area contributed by atoms with E-state index in [1.165, 1.54) is 0 Å². The predicted octanol–water partition coefficient (Wildman–Crippen LogP) is -1.24. The van der Waals surface area contributed by atoms with Crippen LogP contribution in [0.25, 0.3) is 0 Å². The van der Waals surface area contributed by atoms with Crippen molar-refractivity contribution in [1.29, 1.82) is 0 Å². The minimum Gasteiger partial charge on any atom is -0.344 e. The maximum atomic E-state index is 10.5. The molecule has 0 fully saturated rings. The van der Waals surface area contributed by atoms with Crippen molar-refractivity contribution >= 4 is 0 Å². The Kier molecular flexibility index (Phi) is 5.08. The van der Waals surface area contributed by atoms with Crippen LogP contribution in [-0.4, -0.2) is 49.3 Å². The van der Waals surface area contributed by atoms with Crippen molar-refractivity contribution in [3.63, 3.8) is 0 Å². The van der Waals surface area contributed by atoms with Crippen LogP contribution >= 0.6 is 0 Å². The molecular weight excluding hydrogens is 306 g/mol. The van der Waals surface area contributed by atoms with Crippen LogP contribution in [0.1, 0.15) is 6.92 Å². The Labute approximate surface area is 113 Å². The molecule has 0 radical (unpaired) electrons. The van der Waals surface area contributed by atoms with E-state index in [1.807, 2.05) is 0 Å². The first-order valence-corrected chi connectivity index (χ1v) is 4.73. The fourth-order valence-corrected chi connectivity index (χ4v) is 0.912. The van der Waals surface area contributed by atoms with Gasteiger partial charge in [-0.2, -0.15) is 0 Å². The van der Waals surface area contributed by atoms with Crippen LogP contribution in [-0.2, 0) is 4.74 Å². The average Bonchev–Trinajstić information content (AvgIpc) is 2.32. The molecule has 0 aliphatic carbocycles. The van der Waals surface area contributed by atoms with Gasteiger partial charge in [0.2, 0.25) is 0 Å². The molecule has 0 bridgehead atoms. The lowest BCUT2D eigenvalue weighted by molar-refractivity contribution is -0.970. The van der Waals surface area contributed by atoms with Gasteiger partial charge in [-0.05, 0) is 0 Å². The van der Waals surface area contributed by atoms with Crippen molar-refractivity contribution in [2.75, 3.05) is 13.2 Å². The summed E-state index contributed by atoms with van der Waals surface area (Å²) < 4.78 is 4.16. The molecule has 0 saturated heterocycles. The summed E-state index contributed by atoms with van der Waals surface area (Å²) in [5, 5.41) is 52.5. The third kappa shape index (κ3) is 3.11. The number of hydrogen-bond donors (Lipinski definition) is 0. The molecule has 0 aliphatic rings. The van der Waals surface area contributed by atoms with E-state index in [0.717, 1.165) is 0 Å². The monoisotopic (exact) mass is 313 g/mol. The van der Waals surface area contributed by atoms with Gasteiger partial charge in [0.05, 0.1) is 6.92 Å². The molecule has 0 aromatic heterocycles. The highest BCUT2D eigenvalue weighted by Gasteiger charge is 2.71. The second-order valence-electron chi connectivity index (χ2n) is 3.77. The van der Waals surface area contributed by atoms with Gasteiger partial charge < -0.3 is 4.74 Å². The van der Waals surface area contributed by atoms with Crippen molar-refractivity contribution < 1.29 is 29.4 Å². The predicted molar refractivity (Wildman–Crippen MR) is 56.9 cm³/mol. The van der Waals surface area contributed by atoms with Crippen molar-refractivity contribution in [1.82, 2.24) is 0 Å². The normalized spacial score (nSPS) is 11.7. The minimum absolute atomic E-state index is 0.471. The van der Waals surface area contributed by atoms with Crippen LogP contribution in [0.3, 0.4) is 0 Å². The van der Waals surface area contributed by atoms with Gasteiger partial charge in [0, 0.05) is 0 Å². The lowest BCUT2D eigenvalue weighted by atomic mass is 10.2. The Bertz CT molecular complexity index is 451. The van der Waals surface area contributed by atoms with E-state index in [1.54, 1.807) is 0 Å². The molecule has 21 heavy (non-hydrogen) atoms. The van der Waals surface area contributed by atoms with Gasteiger partial charge in [0.15, 0.2) is 21.4 Å². The largest absolute Gasteiger partial charge is 0.723 e. The molecule has 0 unspecified atom stereocenters. The lowest BCUT2D eigenvalue weighted by Gasteiger charge is -2.13. The zero-order chi connectivity index (χ0) is 17.0. The Balaban J connectivity index is 5.24. The molecule has 0 rings (SSSR count). The zero-order valence-electron chi connectivity index (χ0n) is 10.1. The molecule has 16 heteroatoms. The van der Waals surface area contributed by atoms with Gasteiger partial charge in [-0.25, -0.2) is 0 Å². The summed E-state index contributed by atoms with van der Waals surface area (Å²) in [7, 11) is 0. The second-order valence-corrected chi connectivity index (χ2v) is 3.77. The molecular formula is C5H7N5O11. The topological polar surface area (TPSA) is 225 Å². The number of ether oxygens (including phenoxy) is 1. The highest BCUT2D eigenvalue weighted by atomic mass is 16.7. The van der Waals surface area contributed by atoms with E-state index in [2.05, 4.69) is 4.74 Å². The molecule has 0 spiro atoms. The third-order valence-corrected chi connectivity index (χ3v) is 2.34. The molecule has 0 aliphatic heterocycles. The Morgan fingerprint density at radius 1 is 0.714 bits per heavy atom. The maximum absolute atomic E-state index is 10.5. The number of rotatable bonds is 9. The van der Waals surface area contributed by atoms with Crippen molar-refractivity contribution in [2.45, 2.75) is 18.4 Å². The Morgan fingerprint density at radius 2 is 1.05 bits per heavy atom. The molecule has 0 amide bonds. The van der Waals surface area contributed by atoms with Crippen LogP contribution in [0, 0.1) is 50.6 Å². The van der Waals surface area contributed by atoms with Crippen molar-refractivity contribution in [3.05, 3.63) is 50.6 Å². The van der Waals surface area contributed by atoms with Gasteiger partial charge in [-0.1, -0.05) is 0 Å². The molecule has 0 saturated carbocycles. The second kappa shape index (κ2) is 5.94. The van der Waals surface area contributed by atoms with E-state index in [0.29, 0.717) is 6.92 Å². The minimum atomic E-state index is -4.01. The Hall–Kier alpha value is -3.04. The average molecular weight is 313 g/mol. The summed E-state index contributed by atoms with van der Waals surface area (Å²) in [4.78, 5) is 44.1. The van der Waals surface area contributed by atoms with Crippen LogP contribution in [0.15, 0.2) is 0 Å². The summed E-state index contributed by atoms with van der Waals surface area (Å²) in [6, 6.07) is 0. The summed E-state index contributed by atoms with van der Waals surface area (Å²) in [6.07, 6.45) is 0. The van der Waals surface area contributed by atoms with Gasteiger partial charge in [-0.3, -0.25) is 50.6 Å². The highest BCUT2D eigenvalue weighted by Crippen LogP contribution is 2.16. The standard InChI is InChI=1S/C5H7N5O11/c1-4(6(11)12,7(13)14)2-21-3-5(8(15)16,9(17)18)10(19)20/h2-3H2,1H3. The van der Waals surface area contributed by atoms with E-state index >= 15 is 0 Å². The quantitative estimate of drug-likeness (QED) is 0.277. The van der Waals surface area contributed by atoms with Gasteiger partial charge in [0.25, 0.3) is 6.61 Å². The first-order chi connectivity index (χ1) is 9.42. The number of nitrogens with zero attached hydrogens (tertiary/aromatic N) is 5. The highest BCUT2D eigenvalue weighted by molar-refractivity contribution is 4.60. The third-order valence-electron chi connectivity index (χ3n) is 2.34. The van der Waals surface area contributed by atoms with Crippen LogP contribution in [0.2, 0.25) is 0 Å². The number of nitro groups is 5. The van der Waals surface area contributed by atoms with E-state index in [4.69, 9.17) is 0 Å². The molecule has 0 N–H and O–H groups in total. The Morgan fingerprint density at radius 3 is 1.29 bits per heavy atom. The van der Waals surface area contributed by atoms with E-state index < -0.39 is 49.3 Å². The first kappa shape index (κ1) is 18.0. The number of hydrogen-bond acceptors (Lipinski definition) is 11. The fourth-order valence-electron chi connectivity index (χ4n) is 0.912. The van der Waals surface area contributed by atoms with Gasteiger partial charge >= 0.3 is 11.4 Å². The van der Waals surface area contributed by atoms with E-state index in [9.17, 15) is 50.6 Å². The van der Waals surface area contributed by atoms with Crippen LogP contribution in [0.4, 0.5) is 0 Å². The maximum Gasteiger partial charge on any atom is 0.723 e. The fraction of sp³-hybridized carbons (Fsp3) is 1.00. The molecule has 0 heterocycles. The van der Waals surface area contributed by atoms with Gasteiger partial charge in [-0.15, -0.1) is 0 Å². The molecule has 0 aromatic carbocycles. The summed E-state index contributed by atoms with van der Waals surface area (Å²) in [6.45, 7) is -2.79. The van der Waals surface area contributed by atoms with Crippen molar-refractivity contribution in [3.8, 4) is 0 Å². The molecule has 0 atom stereocenters. The molecule has 16 nitrogen and oxygen atoms in total. The van der Waals surface area contributed by atoms with Crippen LogP contribution in [0.5, 0.6) is 0 Å². The SMILES string of the molecule is CC(COCC([N+](=O)[O-])([N+](=O)[O-])[N+](=O)[O-])([N+](=O)[O-])[N+](=O)[O-]. The smallest absolute Gasteiger partial charge is 0.344 e. The molecule has 0 aromatic rings. The summed E-state index contributed by atoms with van der Waals surface area (Å²) in [5.74, 6) is -4.01. The van der Waals surface area contributed by atoms with Gasteiger partial charge in [0.1, 0.15) is 9.85 Å². The molecule has 118 valence electrons. The van der Waals surface area contributed by atoms with Crippen LogP contribution < -0.4 is 0 Å².